The number of anilines is 1. The van der Waals surface area contributed by atoms with Crippen LogP contribution < -0.4 is 71.6 Å². The monoisotopic (exact) mass is 759 g/mol. The number of carbonyl (C=O) groups is 2. The van der Waals surface area contributed by atoms with Crippen LogP contribution in [0.4, 0.5) is 14.5 Å². The average Bonchev–Trinajstić information content (AvgIpc) is 3.77. The Morgan fingerprint density at radius 1 is 1.28 bits per heavy atom. The van der Waals surface area contributed by atoms with Crippen LogP contribution in [-0.2, 0) is 20.8 Å². The van der Waals surface area contributed by atoms with Crippen molar-refractivity contribution in [3.8, 4) is 11.5 Å². The van der Waals surface area contributed by atoms with Gasteiger partial charge in [0.05, 0.1) is 12.3 Å². The van der Waals surface area contributed by atoms with Crippen molar-refractivity contribution in [1.82, 2.24) is 20.2 Å². The summed E-state index contributed by atoms with van der Waals surface area (Å²) >= 11 is 0. The van der Waals surface area contributed by atoms with Gasteiger partial charge in [-0.3, -0.25) is 14.6 Å². The normalized spacial score (nSPS) is 16.7. The average molecular weight is 760 g/mol. The quantitative estimate of drug-likeness (QED) is 0.0445. The summed E-state index contributed by atoms with van der Waals surface area (Å²) in [5, 5.41) is 21.7. The van der Waals surface area contributed by atoms with Crippen LogP contribution >= 0.6 is 0 Å². The topological polar surface area (TPSA) is 169 Å². The van der Waals surface area contributed by atoms with E-state index in [2.05, 4.69) is 40.9 Å². The standard InChI is InChI=1S/C28H30F2N6O5.C8H10NO2.K/c1-4-21-24(34(5-2)6-3)26(38)36-27(32-25(33-36)18-7-12-22-17(15-18)13-14-40-22)35(21)16-23(37)31-19-8-10-20(11-9-19)41-28(29,30)39;1-4-9-7(5-10)8(11)6(2)3;/h7-12,15,25,33,39H,2-6,13-14,16H2,1H3,(H,31,37);4,11H,2H2,1,3H3;/q-2;-1;+1/b;8-7+,9-4?;. The largest absolute Gasteiger partial charge is 1.00 e. The molecule has 0 fully saturated rings. The molecule has 53 heavy (non-hydrogen) atoms. The van der Waals surface area contributed by atoms with Gasteiger partial charge in [-0.05, 0) is 78.5 Å². The first-order chi connectivity index (χ1) is 24.7. The number of aliphatic hydroxyl groups is 2. The zero-order valence-electron chi connectivity index (χ0n) is 30.0. The van der Waals surface area contributed by atoms with Crippen LogP contribution in [0.15, 0.2) is 87.5 Å². The smallest absolute Gasteiger partial charge is 0.590 e. The molecule has 3 heterocycles. The molecule has 3 aliphatic rings. The summed E-state index contributed by atoms with van der Waals surface area (Å²) in [7, 11) is 0. The number of hydrogen-bond donors (Lipinski definition) is 4. The summed E-state index contributed by atoms with van der Waals surface area (Å²) in [4.78, 5) is 48.9. The molecule has 0 bridgehead atoms. The molecule has 2 aromatic rings. The molecule has 0 saturated carbocycles. The van der Waals surface area contributed by atoms with Crippen molar-refractivity contribution >= 4 is 36.0 Å². The zero-order chi connectivity index (χ0) is 38.2. The Morgan fingerprint density at radius 3 is 2.53 bits per heavy atom. The number of amides is 2. The fraction of sp³-hybridized carbons (Fsp3) is 0.306. The maximum absolute atomic E-state index is 13.8. The van der Waals surface area contributed by atoms with E-state index in [1.165, 1.54) is 41.8 Å². The van der Waals surface area contributed by atoms with Crippen LogP contribution in [0.3, 0.4) is 0 Å². The van der Waals surface area contributed by atoms with E-state index in [1.54, 1.807) is 23.6 Å². The second-order valence-corrected chi connectivity index (χ2v) is 11.4. The van der Waals surface area contributed by atoms with Gasteiger partial charge < -0.3 is 53.4 Å². The third kappa shape index (κ3) is 10.8. The van der Waals surface area contributed by atoms with Crippen LogP contribution in [-0.4, -0.2) is 87.8 Å². The van der Waals surface area contributed by atoms with Crippen LogP contribution in [0.1, 0.15) is 44.5 Å². The van der Waals surface area contributed by atoms with E-state index in [-0.39, 0.29) is 100 Å². The summed E-state index contributed by atoms with van der Waals surface area (Å²) in [6.07, 6.45) is -0.789. The Kier molecular flexibility index (Phi) is 15.9. The Balaban J connectivity index is 0.000000548. The molecule has 3 aliphatic heterocycles. The van der Waals surface area contributed by atoms with Gasteiger partial charge >= 0.3 is 57.7 Å². The maximum atomic E-state index is 13.8. The number of allylic oxidation sites excluding steroid dienone is 3. The van der Waals surface area contributed by atoms with Crippen LogP contribution in [0, 0.1) is 13.8 Å². The summed E-state index contributed by atoms with van der Waals surface area (Å²) in [6.45, 7) is 17.4. The minimum absolute atomic E-state index is 0. The van der Waals surface area contributed by atoms with Gasteiger partial charge in [-0.2, -0.15) is 5.43 Å². The van der Waals surface area contributed by atoms with Crippen molar-refractivity contribution in [2.75, 3.05) is 31.6 Å². The van der Waals surface area contributed by atoms with E-state index in [1.807, 2.05) is 25.1 Å². The number of carbonyl (C=O) groups excluding carboxylic acids is 3. The maximum Gasteiger partial charge on any atom is 1.00 e. The van der Waals surface area contributed by atoms with E-state index < -0.39 is 18.4 Å². The molecule has 0 radical (unpaired) electrons. The third-order valence-corrected chi connectivity index (χ3v) is 7.83. The molecule has 17 heteroatoms. The number of hydrogen-bond acceptors (Lipinski definition) is 12. The predicted octanol–water partition coefficient (Wildman–Crippen LogP) is 1.33. The molecular formula is C36H40F2KN7O7-2. The number of hydrazine groups is 1. The molecule has 278 valence electrons. The first kappa shape index (κ1) is 43.4. The molecule has 1 atom stereocenters. The summed E-state index contributed by atoms with van der Waals surface area (Å²) in [6, 6.07) is 10.9. The fourth-order valence-electron chi connectivity index (χ4n) is 5.46. The molecule has 2 amide bonds. The first-order valence-corrected chi connectivity index (χ1v) is 16.2. The minimum atomic E-state index is -4.32. The van der Waals surface area contributed by atoms with Crippen molar-refractivity contribution in [2.45, 2.75) is 46.1 Å². The second-order valence-electron chi connectivity index (χ2n) is 11.4. The van der Waals surface area contributed by atoms with E-state index in [4.69, 9.17) is 19.9 Å². The first-order valence-electron chi connectivity index (χ1n) is 16.2. The molecule has 5 rings (SSSR count). The van der Waals surface area contributed by atoms with Crippen LogP contribution in [0.2, 0.25) is 0 Å². The van der Waals surface area contributed by atoms with E-state index in [0.717, 1.165) is 23.3 Å². The van der Waals surface area contributed by atoms with Gasteiger partial charge in [-0.15, -0.1) is 28.4 Å². The van der Waals surface area contributed by atoms with Gasteiger partial charge in [0.2, 0.25) is 11.9 Å². The van der Waals surface area contributed by atoms with E-state index >= 15 is 0 Å². The number of aliphatic hydroxyl groups excluding tert-OH is 1. The molecule has 2 aromatic carbocycles. The number of alkyl halides is 2. The zero-order valence-corrected chi connectivity index (χ0v) is 33.1. The number of nitrogens with zero attached hydrogens (tertiary/aromatic N) is 5. The number of benzene rings is 2. The number of ether oxygens (including phenoxy) is 2. The Hall–Kier alpha value is -3.97. The molecule has 1 unspecified atom stereocenters. The third-order valence-electron chi connectivity index (χ3n) is 7.83. The molecule has 0 saturated heterocycles. The van der Waals surface area contributed by atoms with Crippen molar-refractivity contribution in [2.24, 2.45) is 9.98 Å². The van der Waals surface area contributed by atoms with Crippen LogP contribution in [0.5, 0.6) is 11.5 Å². The minimum Gasteiger partial charge on any atom is -0.590 e. The second kappa shape index (κ2) is 19.4. The molecule has 0 aromatic heterocycles. The Morgan fingerprint density at radius 2 is 1.96 bits per heavy atom. The molecule has 14 nitrogen and oxygen atoms in total. The van der Waals surface area contributed by atoms with Gasteiger partial charge in [0.1, 0.15) is 29.9 Å². The van der Waals surface area contributed by atoms with Crippen molar-refractivity contribution in [3.05, 3.63) is 102 Å². The number of halogens is 2. The Bertz CT molecular complexity index is 1810. The number of nitrogens with one attached hydrogen (secondary N) is 2. The predicted molar refractivity (Wildman–Crippen MR) is 189 cm³/mol. The van der Waals surface area contributed by atoms with Crippen molar-refractivity contribution in [3.63, 3.8) is 0 Å². The van der Waals surface area contributed by atoms with Gasteiger partial charge in [0.15, 0.2) is 0 Å². The fourth-order valence-corrected chi connectivity index (χ4v) is 5.46. The Labute approximate surface area is 349 Å². The number of rotatable bonds is 13. The van der Waals surface area contributed by atoms with E-state index in [9.17, 15) is 23.2 Å². The summed E-state index contributed by atoms with van der Waals surface area (Å²) in [5.74, 6) is -0.156. The molecule has 0 aliphatic carbocycles. The molecule has 4 N–H and O–H groups in total. The van der Waals surface area contributed by atoms with Crippen molar-refractivity contribution in [1.29, 1.82) is 0 Å². The molecule has 0 spiro atoms. The summed E-state index contributed by atoms with van der Waals surface area (Å²) < 4.78 is 35.1. The van der Waals surface area contributed by atoms with E-state index in [0.29, 0.717) is 35.7 Å². The SMILES string of the molecule is C=C(C)/C(O)=C(/[C-]=O)N=CC.[CH2-]CN(C[CH2-])C1=C(CC)N(CC(=O)Nc2ccc(OC(O)(F)F)cc2)C2=NC(c3ccc4c(c3)CCO4)NN2C1=O.[K+]. The van der Waals surface area contributed by atoms with Gasteiger partial charge in [-0.25, -0.2) is 10.0 Å². The number of guanidine groups is 1. The van der Waals surface area contributed by atoms with Crippen LogP contribution in [0.25, 0.3) is 0 Å². The molecular weight excluding hydrogens is 720 g/mol. The van der Waals surface area contributed by atoms with Crippen molar-refractivity contribution < 1.29 is 94.2 Å². The number of aliphatic imine (C=N–C) groups is 2. The van der Waals surface area contributed by atoms with Gasteiger partial charge in [-0.1, -0.05) is 25.5 Å². The van der Waals surface area contributed by atoms with Gasteiger partial charge in [0.25, 0.3) is 5.91 Å². The number of fused-ring (bicyclic) bond motifs is 2. The van der Waals surface area contributed by atoms with Gasteiger partial charge in [0, 0.05) is 18.4 Å². The summed E-state index contributed by atoms with van der Waals surface area (Å²) in [5.41, 5.74) is 6.64.